The highest BCUT2D eigenvalue weighted by molar-refractivity contribution is 7.89. The van der Waals surface area contributed by atoms with Crippen molar-refractivity contribution in [3.05, 3.63) is 65.1 Å². The van der Waals surface area contributed by atoms with Gasteiger partial charge in [-0.3, -0.25) is 0 Å². The Morgan fingerprint density at radius 3 is 2.64 bits per heavy atom. The Labute approximate surface area is 151 Å². The Morgan fingerprint density at radius 1 is 1.24 bits per heavy atom. The Morgan fingerprint density at radius 2 is 2.00 bits per heavy atom. The molecule has 8 heteroatoms. The average molecular weight is 377 g/mol. The third kappa shape index (κ3) is 4.16. The summed E-state index contributed by atoms with van der Waals surface area (Å²) >= 11 is 1.60. The van der Waals surface area contributed by atoms with Crippen LogP contribution >= 0.6 is 11.3 Å². The van der Waals surface area contributed by atoms with Gasteiger partial charge >= 0.3 is 0 Å². The van der Waals surface area contributed by atoms with E-state index in [0.717, 1.165) is 11.3 Å². The van der Waals surface area contributed by atoms with Crippen molar-refractivity contribution in [2.45, 2.75) is 10.9 Å². The predicted octanol–water partition coefficient (Wildman–Crippen LogP) is 2.52. The zero-order valence-corrected chi connectivity index (χ0v) is 15.7. The maximum absolute atomic E-state index is 12.6. The van der Waals surface area contributed by atoms with Crippen molar-refractivity contribution >= 4 is 21.4 Å². The first kappa shape index (κ1) is 17.8. The first-order valence-electron chi connectivity index (χ1n) is 7.75. The largest absolute Gasteiger partial charge is 0.301 e. The van der Waals surface area contributed by atoms with E-state index in [1.165, 1.54) is 12.4 Å². The normalized spacial score (nSPS) is 13.2. The molecule has 0 bridgehead atoms. The number of nitrogens with one attached hydrogen (secondary N) is 1. The third-order valence-electron chi connectivity index (χ3n) is 3.91. The number of likely N-dealkylation sites (N-methyl/N-ethyl adjacent to an activating group) is 1. The van der Waals surface area contributed by atoms with Gasteiger partial charge in [0.15, 0.2) is 0 Å². The van der Waals surface area contributed by atoms with Crippen LogP contribution in [0.5, 0.6) is 0 Å². The Balaban J connectivity index is 1.75. The summed E-state index contributed by atoms with van der Waals surface area (Å²) in [5, 5.41) is 8.18. The number of hydrogen-bond acceptors (Lipinski definition) is 5. The van der Waals surface area contributed by atoms with E-state index in [0.29, 0.717) is 6.54 Å². The molecule has 3 aromatic rings. The van der Waals surface area contributed by atoms with Crippen LogP contribution in [0.2, 0.25) is 0 Å². The van der Waals surface area contributed by atoms with Crippen LogP contribution in [0.3, 0.4) is 0 Å². The van der Waals surface area contributed by atoms with E-state index in [1.807, 2.05) is 66.2 Å². The Kier molecular flexibility index (Phi) is 5.33. The van der Waals surface area contributed by atoms with Gasteiger partial charge in [-0.25, -0.2) is 17.8 Å². The van der Waals surface area contributed by atoms with E-state index >= 15 is 0 Å². The maximum Gasteiger partial charge on any atom is 0.243 e. The zero-order valence-electron chi connectivity index (χ0n) is 14.0. The lowest BCUT2D eigenvalue weighted by Gasteiger charge is -2.23. The predicted molar refractivity (Wildman–Crippen MR) is 99.5 cm³/mol. The van der Waals surface area contributed by atoms with Crippen molar-refractivity contribution in [3.63, 3.8) is 0 Å². The van der Waals surface area contributed by atoms with Crippen molar-refractivity contribution in [2.24, 2.45) is 0 Å². The van der Waals surface area contributed by atoms with Gasteiger partial charge in [-0.05, 0) is 48.6 Å². The van der Waals surface area contributed by atoms with E-state index in [2.05, 4.69) is 9.82 Å². The molecule has 0 aliphatic carbocycles. The first-order valence-corrected chi connectivity index (χ1v) is 10.2. The highest BCUT2D eigenvalue weighted by Gasteiger charge is 2.21. The van der Waals surface area contributed by atoms with Crippen LogP contribution in [0, 0.1) is 0 Å². The molecule has 0 amide bonds. The molecule has 0 fully saturated rings. The Bertz CT molecular complexity index is 903. The van der Waals surface area contributed by atoms with Crippen LogP contribution in [0.4, 0.5) is 0 Å². The SMILES string of the molecule is CN(C)C(CNS(=O)(=O)c1cnn(-c2ccccc2)c1)c1ccsc1. The van der Waals surface area contributed by atoms with Gasteiger partial charge < -0.3 is 4.90 Å². The van der Waals surface area contributed by atoms with Crippen LogP contribution in [0.15, 0.2) is 64.4 Å². The molecule has 25 heavy (non-hydrogen) atoms. The highest BCUT2D eigenvalue weighted by Crippen LogP contribution is 2.21. The van der Waals surface area contributed by atoms with Gasteiger partial charge in [-0.15, -0.1) is 0 Å². The van der Waals surface area contributed by atoms with Crippen molar-refractivity contribution in [3.8, 4) is 5.69 Å². The van der Waals surface area contributed by atoms with Gasteiger partial charge in [0.1, 0.15) is 4.90 Å². The summed E-state index contributed by atoms with van der Waals surface area (Å²) in [6.07, 6.45) is 2.89. The van der Waals surface area contributed by atoms with Crippen LogP contribution in [-0.4, -0.2) is 43.7 Å². The fraction of sp³-hybridized carbons (Fsp3) is 0.235. The molecule has 0 aliphatic heterocycles. The molecule has 2 heterocycles. The molecule has 2 aromatic heterocycles. The number of benzene rings is 1. The molecule has 6 nitrogen and oxygen atoms in total. The quantitative estimate of drug-likeness (QED) is 0.688. The van der Waals surface area contributed by atoms with E-state index in [-0.39, 0.29) is 10.9 Å². The van der Waals surface area contributed by atoms with Gasteiger partial charge in [0, 0.05) is 12.6 Å². The minimum atomic E-state index is -3.62. The molecule has 1 atom stereocenters. The maximum atomic E-state index is 12.6. The number of rotatable bonds is 7. The summed E-state index contributed by atoms with van der Waals surface area (Å²) in [6, 6.07) is 11.4. The van der Waals surface area contributed by atoms with Gasteiger partial charge in [-0.1, -0.05) is 18.2 Å². The number of nitrogens with zero attached hydrogens (tertiary/aromatic N) is 3. The molecule has 0 saturated heterocycles. The second kappa shape index (κ2) is 7.49. The lowest BCUT2D eigenvalue weighted by atomic mass is 10.1. The van der Waals surface area contributed by atoms with Crippen molar-refractivity contribution in [1.82, 2.24) is 19.4 Å². The molecule has 1 N–H and O–H groups in total. The lowest BCUT2D eigenvalue weighted by Crippen LogP contribution is -2.34. The third-order valence-corrected chi connectivity index (χ3v) is 5.99. The first-order chi connectivity index (χ1) is 12.0. The minimum Gasteiger partial charge on any atom is -0.301 e. The molecule has 0 saturated carbocycles. The lowest BCUT2D eigenvalue weighted by molar-refractivity contribution is 0.300. The molecule has 0 spiro atoms. The van der Waals surface area contributed by atoms with Crippen molar-refractivity contribution < 1.29 is 8.42 Å². The standard InChI is InChI=1S/C17H20N4O2S2/c1-20(2)17(14-8-9-24-13-14)11-19-25(22,23)16-10-18-21(12-16)15-6-4-3-5-7-15/h3-10,12-13,17,19H,11H2,1-2H3. The number of thiophene rings is 1. The summed E-state index contributed by atoms with van der Waals surface area (Å²) in [5.41, 5.74) is 1.91. The van der Waals surface area contributed by atoms with Gasteiger partial charge in [0.05, 0.1) is 18.1 Å². The van der Waals surface area contributed by atoms with Gasteiger partial charge in [-0.2, -0.15) is 16.4 Å². The van der Waals surface area contributed by atoms with Crippen LogP contribution < -0.4 is 4.72 Å². The molecular formula is C17H20N4O2S2. The molecule has 0 aliphatic rings. The average Bonchev–Trinajstić information content (AvgIpc) is 3.28. The minimum absolute atomic E-state index is 0.0230. The second-order valence-electron chi connectivity index (χ2n) is 5.84. The second-order valence-corrected chi connectivity index (χ2v) is 8.39. The monoisotopic (exact) mass is 376 g/mol. The molecule has 3 rings (SSSR count). The summed E-state index contributed by atoms with van der Waals surface area (Å²) < 4.78 is 29.4. The van der Waals surface area contributed by atoms with Crippen LogP contribution in [0.1, 0.15) is 11.6 Å². The van der Waals surface area contributed by atoms with Gasteiger partial charge in [0.2, 0.25) is 10.0 Å². The van der Waals surface area contributed by atoms with Crippen LogP contribution in [0.25, 0.3) is 5.69 Å². The molecular weight excluding hydrogens is 356 g/mol. The van der Waals surface area contributed by atoms with E-state index in [4.69, 9.17) is 0 Å². The fourth-order valence-corrected chi connectivity index (χ4v) is 4.18. The van der Waals surface area contributed by atoms with E-state index in [1.54, 1.807) is 16.0 Å². The fourth-order valence-electron chi connectivity index (χ4n) is 2.50. The highest BCUT2D eigenvalue weighted by atomic mass is 32.2. The smallest absolute Gasteiger partial charge is 0.243 e. The number of para-hydroxylation sites is 1. The Hall–Kier alpha value is -2.00. The topological polar surface area (TPSA) is 67.2 Å². The van der Waals surface area contributed by atoms with E-state index in [9.17, 15) is 8.42 Å². The number of hydrogen-bond donors (Lipinski definition) is 1. The molecule has 1 aromatic carbocycles. The number of sulfonamides is 1. The van der Waals surface area contributed by atoms with Gasteiger partial charge in [0.25, 0.3) is 0 Å². The summed E-state index contributed by atoms with van der Waals surface area (Å²) in [5.74, 6) is 0. The van der Waals surface area contributed by atoms with E-state index < -0.39 is 10.0 Å². The summed E-state index contributed by atoms with van der Waals surface area (Å²) in [7, 11) is 0.245. The van der Waals surface area contributed by atoms with Crippen LogP contribution in [-0.2, 0) is 10.0 Å². The molecule has 1 unspecified atom stereocenters. The zero-order chi connectivity index (χ0) is 17.9. The van der Waals surface area contributed by atoms with Crippen molar-refractivity contribution in [1.29, 1.82) is 0 Å². The number of aromatic nitrogens is 2. The van der Waals surface area contributed by atoms with Crippen molar-refractivity contribution in [2.75, 3.05) is 20.6 Å². The summed E-state index contributed by atoms with van der Waals surface area (Å²) in [6.45, 7) is 0.294. The summed E-state index contributed by atoms with van der Waals surface area (Å²) in [4.78, 5) is 2.15. The molecule has 0 radical (unpaired) electrons. The molecule has 132 valence electrons.